The smallest absolute Gasteiger partial charge is 0.171 e. The molecule has 0 saturated carbocycles. The Balaban J connectivity index is 1.60. The van der Waals surface area contributed by atoms with Crippen LogP contribution in [-0.4, -0.2) is 38.8 Å². The number of hydrogen-bond donors (Lipinski definition) is 0. The molecule has 0 bridgehead atoms. The van der Waals surface area contributed by atoms with E-state index in [9.17, 15) is 0 Å². The molecule has 2 aliphatic heterocycles. The Morgan fingerprint density at radius 2 is 1.00 bits per heavy atom. The lowest BCUT2D eigenvalue weighted by Gasteiger charge is -2.10. The van der Waals surface area contributed by atoms with Gasteiger partial charge in [-0.05, 0) is 0 Å². The van der Waals surface area contributed by atoms with E-state index in [1.54, 1.807) is 0 Å². The molecule has 2 heterocycles. The van der Waals surface area contributed by atoms with Gasteiger partial charge in [0.2, 0.25) is 0 Å². The normalized spacial score (nSPS) is 27.0. The second-order valence-electron chi connectivity index (χ2n) is 2.45. The van der Waals surface area contributed by atoms with Gasteiger partial charge >= 0.3 is 0 Å². The Hall–Kier alpha value is 0.700. The van der Waals surface area contributed by atoms with Gasteiger partial charge in [0.15, 0.2) is 16.8 Å². The Bertz CT molecular complexity index is 118. The molecule has 0 spiro atoms. The molecule has 6 heteroatoms. The SMILES string of the molecule is C1COP(CCP2OCCO2)O1. The summed E-state index contributed by atoms with van der Waals surface area (Å²) in [6.45, 7) is 3.02. The van der Waals surface area contributed by atoms with Gasteiger partial charge in [0.25, 0.3) is 0 Å². The van der Waals surface area contributed by atoms with Crippen LogP contribution in [0.4, 0.5) is 0 Å². The van der Waals surface area contributed by atoms with Crippen LogP contribution in [0, 0.1) is 0 Å². The first kappa shape index (κ1) is 9.26. The lowest BCUT2D eigenvalue weighted by atomic mass is 10.8. The van der Waals surface area contributed by atoms with Gasteiger partial charge in [-0.25, -0.2) is 0 Å². The average Bonchev–Trinajstić information content (AvgIpc) is 2.74. The standard InChI is InChI=1S/C6H12O4P2/c1-2-8-11(7-1)5-6-12-9-3-4-10-12/h1-6H2. The minimum absolute atomic E-state index is 0.605. The van der Waals surface area contributed by atoms with Crippen LogP contribution in [0.5, 0.6) is 0 Å². The molecule has 0 aromatic rings. The molecule has 70 valence electrons. The van der Waals surface area contributed by atoms with Gasteiger partial charge in [0.1, 0.15) is 0 Å². The molecular weight excluding hydrogens is 198 g/mol. The molecule has 2 saturated heterocycles. The fourth-order valence-electron chi connectivity index (χ4n) is 1.05. The van der Waals surface area contributed by atoms with Crippen LogP contribution in [0.1, 0.15) is 0 Å². The largest absolute Gasteiger partial charge is 0.332 e. The Morgan fingerprint density at radius 3 is 1.33 bits per heavy atom. The van der Waals surface area contributed by atoms with E-state index in [1.165, 1.54) is 0 Å². The van der Waals surface area contributed by atoms with E-state index >= 15 is 0 Å². The van der Waals surface area contributed by atoms with E-state index in [2.05, 4.69) is 0 Å². The maximum absolute atomic E-state index is 5.35. The summed E-state index contributed by atoms with van der Waals surface area (Å²) < 4.78 is 21.4. The fourth-order valence-corrected chi connectivity index (χ4v) is 4.14. The van der Waals surface area contributed by atoms with Crippen LogP contribution in [0.25, 0.3) is 0 Å². The molecule has 0 aromatic heterocycles. The van der Waals surface area contributed by atoms with Crippen LogP contribution in [0.15, 0.2) is 0 Å². The molecular formula is C6H12O4P2. The van der Waals surface area contributed by atoms with Crippen LogP contribution >= 0.6 is 16.8 Å². The highest BCUT2D eigenvalue weighted by Gasteiger charge is 2.22. The molecule has 2 fully saturated rings. The highest BCUT2D eigenvalue weighted by atomic mass is 31.2. The summed E-state index contributed by atoms with van der Waals surface area (Å²) in [7, 11) is -1.21. The van der Waals surface area contributed by atoms with Gasteiger partial charge in [-0.1, -0.05) is 0 Å². The fraction of sp³-hybridized carbons (Fsp3) is 1.00. The minimum Gasteiger partial charge on any atom is -0.332 e. The van der Waals surface area contributed by atoms with Gasteiger partial charge < -0.3 is 18.1 Å². The molecule has 2 aliphatic rings. The van der Waals surface area contributed by atoms with E-state index in [0.29, 0.717) is 0 Å². The Morgan fingerprint density at radius 1 is 0.667 bits per heavy atom. The van der Waals surface area contributed by atoms with Crippen molar-refractivity contribution in [2.24, 2.45) is 0 Å². The lowest BCUT2D eigenvalue weighted by Crippen LogP contribution is -1.91. The first-order chi connectivity index (χ1) is 5.95. The van der Waals surface area contributed by atoms with Crippen molar-refractivity contribution >= 4 is 16.8 Å². The summed E-state index contributed by atoms with van der Waals surface area (Å²) in [6, 6.07) is 0. The Kier molecular flexibility index (Phi) is 3.71. The first-order valence-electron chi connectivity index (χ1n) is 4.02. The molecule has 0 aromatic carbocycles. The molecule has 0 unspecified atom stereocenters. The summed E-state index contributed by atoms with van der Waals surface area (Å²) in [6.07, 6.45) is 1.92. The second kappa shape index (κ2) is 4.80. The summed E-state index contributed by atoms with van der Waals surface area (Å²) in [5, 5.41) is 0. The van der Waals surface area contributed by atoms with Gasteiger partial charge in [-0.2, -0.15) is 0 Å². The zero-order valence-electron chi connectivity index (χ0n) is 6.77. The van der Waals surface area contributed by atoms with Crippen molar-refractivity contribution < 1.29 is 18.1 Å². The lowest BCUT2D eigenvalue weighted by molar-refractivity contribution is 0.365. The highest BCUT2D eigenvalue weighted by molar-refractivity contribution is 7.51. The molecule has 12 heavy (non-hydrogen) atoms. The predicted molar refractivity (Wildman–Crippen MR) is 47.4 cm³/mol. The molecule has 2 rings (SSSR count). The zero-order chi connectivity index (χ0) is 8.23. The third kappa shape index (κ3) is 2.59. The zero-order valence-corrected chi connectivity index (χ0v) is 8.56. The van der Waals surface area contributed by atoms with Crippen molar-refractivity contribution in [1.82, 2.24) is 0 Å². The van der Waals surface area contributed by atoms with Crippen molar-refractivity contribution in [2.45, 2.75) is 0 Å². The number of rotatable bonds is 3. The van der Waals surface area contributed by atoms with Crippen molar-refractivity contribution in [3.05, 3.63) is 0 Å². The van der Waals surface area contributed by atoms with Gasteiger partial charge in [0.05, 0.1) is 26.4 Å². The second-order valence-corrected chi connectivity index (χ2v) is 5.70. The van der Waals surface area contributed by atoms with Gasteiger partial charge in [-0.15, -0.1) is 0 Å². The van der Waals surface area contributed by atoms with Crippen LogP contribution in [0.2, 0.25) is 0 Å². The first-order valence-corrected chi connectivity index (χ1v) is 6.74. The van der Waals surface area contributed by atoms with Crippen molar-refractivity contribution in [2.75, 3.05) is 38.8 Å². The van der Waals surface area contributed by atoms with Crippen molar-refractivity contribution in [3.8, 4) is 0 Å². The monoisotopic (exact) mass is 210 g/mol. The van der Waals surface area contributed by atoms with Crippen LogP contribution < -0.4 is 0 Å². The van der Waals surface area contributed by atoms with E-state index in [1.807, 2.05) is 0 Å². The molecule has 4 nitrogen and oxygen atoms in total. The van der Waals surface area contributed by atoms with Crippen molar-refractivity contribution in [1.29, 1.82) is 0 Å². The molecule has 0 radical (unpaired) electrons. The minimum atomic E-state index is -0.605. The average molecular weight is 210 g/mol. The summed E-state index contributed by atoms with van der Waals surface area (Å²) in [5.74, 6) is 0. The van der Waals surface area contributed by atoms with E-state index in [-0.39, 0.29) is 0 Å². The van der Waals surface area contributed by atoms with E-state index < -0.39 is 16.8 Å². The molecule has 0 N–H and O–H groups in total. The molecule has 0 amide bonds. The molecule has 0 aliphatic carbocycles. The summed E-state index contributed by atoms with van der Waals surface area (Å²) in [4.78, 5) is 0. The van der Waals surface area contributed by atoms with Gasteiger partial charge in [0, 0.05) is 12.3 Å². The third-order valence-electron chi connectivity index (χ3n) is 1.57. The topological polar surface area (TPSA) is 36.9 Å². The maximum Gasteiger partial charge on any atom is 0.171 e. The van der Waals surface area contributed by atoms with E-state index in [0.717, 1.165) is 38.8 Å². The van der Waals surface area contributed by atoms with E-state index in [4.69, 9.17) is 18.1 Å². The number of hydrogen-bond acceptors (Lipinski definition) is 4. The summed E-state index contributed by atoms with van der Waals surface area (Å²) in [5.41, 5.74) is 0. The third-order valence-corrected chi connectivity index (χ3v) is 4.99. The highest BCUT2D eigenvalue weighted by Crippen LogP contribution is 2.49. The van der Waals surface area contributed by atoms with Gasteiger partial charge in [-0.3, -0.25) is 0 Å². The molecule has 0 atom stereocenters. The van der Waals surface area contributed by atoms with Crippen LogP contribution in [-0.2, 0) is 18.1 Å². The maximum atomic E-state index is 5.35. The van der Waals surface area contributed by atoms with Crippen molar-refractivity contribution in [3.63, 3.8) is 0 Å². The Labute approximate surface area is 74.4 Å². The quantitative estimate of drug-likeness (QED) is 0.664. The predicted octanol–water partition coefficient (Wildman–Crippen LogP) is 1.70. The summed E-state index contributed by atoms with van der Waals surface area (Å²) >= 11 is 0. The van der Waals surface area contributed by atoms with Crippen LogP contribution in [0.3, 0.4) is 0 Å².